The standard InChI is InChI=1S/C10H17NO/c1-8(2)6-10(12)7-9-4-3-5-11-9/h6,9,11H,3-5,7H2,1-2H3. The first-order chi connectivity index (χ1) is 5.68. The molecule has 2 heteroatoms. The molecule has 0 radical (unpaired) electrons. The minimum atomic E-state index is 0.259. The minimum Gasteiger partial charge on any atom is -0.314 e. The summed E-state index contributed by atoms with van der Waals surface area (Å²) in [4.78, 5) is 11.3. The van der Waals surface area contributed by atoms with Crippen LogP contribution in [0, 0.1) is 0 Å². The number of carbonyl (C=O) groups excluding carboxylic acids is 1. The Morgan fingerprint density at radius 1 is 1.58 bits per heavy atom. The predicted molar refractivity (Wildman–Crippen MR) is 50.1 cm³/mol. The molecule has 0 aromatic carbocycles. The number of ketones is 1. The van der Waals surface area contributed by atoms with Crippen LogP contribution in [0.25, 0.3) is 0 Å². The first-order valence-corrected chi connectivity index (χ1v) is 4.59. The van der Waals surface area contributed by atoms with E-state index in [1.165, 1.54) is 6.42 Å². The van der Waals surface area contributed by atoms with Gasteiger partial charge in [-0.15, -0.1) is 0 Å². The molecule has 0 aliphatic carbocycles. The van der Waals surface area contributed by atoms with E-state index in [0.717, 1.165) is 18.5 Å². The van der Waals surface area contributed by atoms with Crippen molar-refractivity contribution in [3.05, 3.63) is 11.6 Å². The zero-order chi connectivity index (χ0) is 8.97. The van der Waals surface area contributed by atoms with E-state index >= 15 is 0 Å². The second-order valence-corrected chi connectivity index (χ2v) is 3.69. The molecule has 1 fully saturated rings. The van der Waals surface area contributed by atoms with Gasteiger partial charge in [-0.3, -0.25) is 4.79 Å². The van der Waals surface area contributed by atoms with Crippen molar-refractivity contribution in [1.29, 1.82) is 0 Å². The largest absolute Gasteiger partial charge is 0.314 e. The van der Waals surface area contributed by atoms with E-state index in [-0.39, 0.29) is 5.78 Å². The summed E-state index contributed by atoms with van der Waals surface area (Å²) in [7, 11) is 0. The quantitative estimate of drug-likeness (QED) is 0.648. The van der Waals surface area contributed by atoms with E-state index in [4.69, 9.17) is 0 Å². The second kappa shape index (κ2) is 4.41. The molecule has 0 amide bonds. The molecule has 0 bridgehead atoms. The summed E-state index contributed by atoms with van der Waals surface area (Å²) in [6, 6.07) is 0.438. The van der Waals surface area contributed by atoms with Crippen LogP contribution in [0.4, 0.5) is 0 Å². The average Bonchev–Trinajstić information content (AvgIpc) is 2.37. The van der Waals surface area contributed by atoms with Gasteiger partial charge in [-0.05, 0) is 39.3 Å². The first-order valence-electron chi connectivity index (χ1n) is 4.59. The Morgan fingerprint density at radius 2 is 2.33 bits per heavy atom. The number of carbonyl (C=O) groups is 1. The Kier molecular flexibility index (Phi) is 3.48. The maximum atomic E-state index is 11.3. The molecule has 1 atom stereocenters. The van der Waals surface area contributed by atoms with Crippen molar-refractivity contribution in [3.8, 4) is 0 Å². The van der Waals surface area contributed by atoms with Crippen molar-refractivity contribution in [2.45, 2.75) is 39.2 Å². The van der Waals surface area contributed by atoms with Crippen LogP contribution in [0.15, 0.2) is 11.6 Å². The van der Waals surface area contributed by atoms with Gasteiger partial charge in [0.05, 0.1) is 0 Å². The SMILES string of the molecule is CC(C)=CC(=O)CC1CCCN1. The van der Waals surface area contributed by atoms with Crippen molar-refractivity contribution in [2.24, 2.45) is 0 Å². The Bertz CT molecular complexity index is 186. The maximum absolute atomic E-state index is 11.3. The van der Waals surface area contributed by atoms with Gasteiger partial charge in [0, 0.05) is 12.5 Å². The van der Waals surface area contributed by atoms with E-state index in [0.29, 0.717) is 12.5 Å². The van der Waals surface area contributed by atoms with Gasteiger partial charge in [-0.25, -0.2) is 0 Å². The van der Waals surface area contributed by atoms with Gasteiger partial charge >= 0.3 is 0 Å². The number of rotatable bonds is 3. The highest BCUT2D eigenvalue weighted by atomic mass is 16.1. The van der Waals surface area contributed by atoms with Gasteiger partial charge in [0.25, 0.3) is 0 Å². The fourth-order valence-electron chi connectivity index (χ4n) is 1.55. The van der Waals surface area contributed by atoms with Crippen LogP contribution in [-0.2, 0) is 4.79 Å². The Balaban J connectivity index is 2.30. The van der Waals surface area contributed by atoms with E-state index in [2.05, 4.69) is 5.32 Å². The summed E-state index contributed by atoms with van der Waals surface area (Å²) in [5, 5.41) is 3.31. The Labute approximate surface area is 74.0 Å². The highest BCUT2D eigenvalue weighted by Gasteiger charge is 2.15. The van der Waals surface area contributed by atoms with Crippen LogP contribution in [-0.4, -0.2) is 18.4 Å². The molecule has 1 rings (SSSR count). The molecule has 0 saturated carbocycles. The number of hydrogen-bond acceptors (Lipinski definition) is 2. The molecular weight excluding hydrogens is 150 g/mol. The zero-order valence-corrected chi connectivity index (χ0v) is 7.89. The van der Waals surface area contributed by atoms with Crippen molar-refractivity contribution >= 4 is 5.78 Å². The molecule has 1 N–H and O–H groups in total. The van der Waals surface area contributed by atoms with Crippen LogP contribution >= 0.6 is 0 Å². The molecule has 12 heavy (non-hydrogen) atoms. The molecule has 0 spiro atoms. The van der Waals surface area contributed by atoms with Crippen molar-refractivity contribution in [2.75, 3.05) is 6.54 Å². The Morgan fingerprint density at radius 3 is 2.83 bits per heavy atom. The minimum absolute atomic E-state index is 0.259. The van der Waals surface area contributed by atoms with Gasteiger partial charge in [-0.2, -0.15) is 0 Å². The van der Waals surface area contributed by atoms with Crippen molar-refractivity contribution in [3.63, 3.8) is 0 Å². The summed E-state index contributed by atoms with van der Waals surface area (Å²) >= 11 is 0. The molecule has 1 aliphatic heterocycles. The van der Waals surface area contributed by atoms with Gasteiger partial charge in [0.2, 0.25) is 0 Å². The van der Waals surface area contributed by atoms with Crippen molar-refractivity contribution in [1.82, 2.24) is 5.32 Å². The number of allylic oxidation sites excluding steroid dienone is 2. The lowest BCUT2D eigenvalue weighted by molar-refractivity contribution is -0.115. The molecule has 1 heterocycles. The third-order valence-electron chi connectivity index (χ3n) is 2.06. The molecule has 68 valence electrons. The van der Waals surface area contributed by atoms with Gasteiger partial charge in [-0.1, -0.05) is 5.57 Å². The smallest absolute Gasteiger partial charge is 0.157 e. The highest BCUT2D eigenvalue weighted by Crippen LogP contribution is 2.09. The van der Waals surface area contributed by atoms with Gasteiger partial charge in [0.15, 0.2) is 5.78 Å². The zero-order valence-electron chi connectivity index (χ0n) is 7.89. The molecule has 2 nitrogen and oxygen atoms in total. The lowest BCUT2D eigenvalue weighted by atomic mass is 10.1. The van der Waals surface area contributed by atoms with Gasteiger partial charge in [0.1, 0.15) is 0 Å². The molecule has 1 saturated heterocycles. The molecule has 0 aromatic heterocycles. The lowest BCUT2D eigenvalue weighted by Crippen LogP contribution is -2.23. The van der Waals surface area contributed by atoms with E-state index < -0.39 is 0 Å². The summed E-state index contributed by atoms with van der Waals surface area (Å²) in [5.41, 5.74) is 1.10. The Hall–Kier alpha value is -0.630. The monoisotopic (exact) mass is 167 g/mol. The van der Waals surface area contributed by atoms with Crippen LogP contribution in [0.1, 0.15) is 33.1 Å². The van der Waals surface area contributed by atoms with Crippen molar-refractivity contribution < 1.29 is 4.79 Å². The summed E-state index contributed by atoms with van der Waals surface area (Å²) in [5.74, 6) is 0.259. The number of nitrogens with one attached hydrogen (secondary N) is 1. The summed E-state index contributed by atoms with van der Waals surface area (Å²) in [6.45, 7) is 4.99. The average molecular weight is 167 g/mol. The third kappa shape index (κ3) is 3.18. The normalized spacial score (nSPS) is 22.3. The van der Waals surface area contributed by atoms with Crippen LogP contribution in [0.3, 0.4) is 0 Å². The summed E-state index contributed by atoms with van der Waals surface area (Å²) in [6.07, 6.45) is 4.78. The van der Waals surface area contributed by atoms with Crippen LogP contribution < -0.4 is 5.32 Å². The van der Waals surface area contributed by atoms with Crippen LogP contribution in [0.2, 0.25) is 0 Å². The third-order valence-corrected chi connectivity index (χ3v) is 2.06. The first kappa shape index (κ1) is 9.46. The van der Waals surface area contributed by atoms with E-state index in [1.54, 1.807) is 6.08 Å². The van der Waals surface area contributed by atoms with E-state index in [9.17, 15) is 4.79 Å². The predicted octanol–water partition coefficient (Wildman–Crippen LogP) is 1.66. The molecule has 1 aliphatic rings. The summed E-state index contributed by atoms with van der Waals surface area (Å²) < 4.78 is 0. The second-order valence-electron chi connectivity index (χ2n) is 3.69. The number of hydrogen-bond donors (Lipinski definition) is 1. The maximum Gasteiger partial charge on any atom is 0.157 e. The van der Waals surface area contributed by atoms with Crippen LogP contribution in [0.5, 0.6) is 0 Å². The molecule has 1 unspecified atom stereocenters. The fourth-order valence-corrected chi connectivity index (χ4v) is 1.55. The molecular formula is C10H17NO. The molecule has 0 aromatic rings. The lowest BCUT2D eigenvalue weighted by Gasteiger charge is -2.06. The van der Waals surface area contributed by atoms with Gasteiger partial charge < -0.3 is 5.32 Å². The van der Waals surface area contributed by atoms with E-state index in [1.807, 2.05) is 13.8 Å². The topological polar surface area (TPSA) is 29.1 Å². The fraction of sp³-hybridized carbons (Fsp3) is 0.700. The highest BCUT2D eigenvalue weighted by molar-refractivity contribution is 5.90.